The van der Waals surface area contributed by atoms with E-state index in [0.29, 0.717) is 0 Å². The second-order valence-corrected chi connectivity index (χ2v) is 12.0. The van der Waals surface area contributed by atoms with Crippen molar-refractivity contribution in [3.63, 3.8) is 0 Å². The van der Waals surface area contributed by atoms with Crippen LogP contribution < -0.4 is 0 Å². The molecule has 0 bridgehead atoms. The molecule has 0 aromatic carbocycles. The van der Waals surface area contributed by atoms with E-state index in [2.05, 4.69) is 11.4 Å². The number of Topliss-reactive ketones (excluding diaryl/α,β-unsaturated/α-hetero) is 1. The molecule has 3 nitrogen and oxygen atoms in total. The fraction of sp³-hybridized carbons (Fsp3) is 0.714. The minimum absolute atomic E-state index is 0.0502. The van der Waals surface area contributed by atoms with E-state index >= 15 is 0 Å². The van der Waals surface area contributed by atoms with Crippen LogP contribution in [-0.4, -0.2) is 35.6 Å². The van der Waals surface area contributed by atoms with Gasteiger partial charge in [-0.1, -0.05) is 0 Å². The van der Waals surface area contributed by atoms with Gasteiger partial charge in [0.25, 0.3) is 0 Å². The van der Waals surface area contributed by atoms with Gasteiger partial charge in [-0.2, -0.15) is 0 Å². The normalized spacial score (nSPS) is 13.0. The first-order valence-corrected chi connectivity index (χ1v) is 10.4. The summed E-state index contributed by atoms with van der Waals surface area (Å²) < 4.78 is 0. The van der Waals surface area contributed by atoms with Gasteiger partial charge >= 0.3 is 80.0 Å². The molecule has 0 aliphatic heterocycles. The summed E-state index contributed by atoms with van der Waals surface area (Å²) in [5, 5.41) is 8.21. The maximum atomic E-state index is 10.7. The summed E-state index contributed by atoms with van der Waals surface area (Å²) in [6.07, 6.45) is 0.160. The van der Waals surface area contributed by atoms with Crippen molar-refractivity contribution in [1.82, 2.24) is 0 Å². The summed E-state index contributed by atoms with van der Waals surface area (Å²) in [4.78, 5) is 21.3. The number of hydrogen-bond acceptors (Lipinski definition) is 3. The number of carbonyl (C=O) groups excluding carboxylic acids is 1. The Kier molecular flexibility index (Phi) is 5.68. The van der Waals surface area contributed by atoms with Crippen LogP contribution in [0.5, 0.6) is 0 Å². The second kappa shape index (κ2) is 5.65. The van der Waals surface area contributed by atoms with E-state index in [9.17, 15) is 9.59 Å². The van der Waals surface area contributed by atoms with Crippen LogP contribution in [0.2, 0.25) is 11.4 Å². The van der Waals surface area contributed by atoms with Gasteiger partial charge in [0.1, 0.15) is 0 Å². The third kappa shape index (κ3) is 5.67. The molecule has 12 heavy (non-hydrogen) atoms. The molecule has 0 aromatic heterocycles. The summed E-state index contributed by atoms with van der Waals surface area (Å²) in [5.41, 5.74) is 4.13. The Morgan fingerprint density at radius 3 is 2.25 bits per heavy atom. The molecule has 1 atom stereocenters. The SMILES string of the molecule is CC(=O)CC(S[As](C)C)C(=O)O. The van der Waals surface area contributed by atoms with Gasteiger partial charge in [-0.25, -0.2) is 0 Å². The molecule has 0 aliphatic carbocycles. The molecule has 1 unspecified atom stereocenters. The van der Waals surface area contributed by atoms with E-state index in [0.717, 1.165) is 0 Å². The summed E-state index contributed by atoms with van der Waals surface area (Å²) in [6.45, 7) is 1.43. The summed E-state index contributed by atoms with van der Waals surface area (Å²) in [7, 11) is 1.46. The molecule has 0 amide bonds. The van der Waals surface area contributed by atoms with Crippen molar-refractivity contribution >= 4 is 35.3 Å². The monoisotopic (exact) mass is 252 g/mol. The minimum atomic E-state index is -1.02. The zero-order valence-corrected chi connectivity index (χ0v) is 10.1. The van der Waals surface area contributed by atoms with Gasteiger partial charge in [-0.05, 0) is 0 Å². The van der Waals surface area contributed by atoms with E-state index < -0.39 is 24.7 Å². The number of carboxylic acids is 1. The van der Waals surface area contributed by atoms with Crippen LogP contribution in [-0.2, 0) is 9.59 Å². The topological polar surface area (TPSA) is 54.4 Å². The van der Waals surface area contributed by atoms with Crippen LogP contribution in [0.3, 0.4) is 0 Å². The van der Waals surface area contributed by atoms with Gasteiger partial charge in [0.05, 0.1) is 0 Å². The fourth-order valence-corrected chi connectivity index (χ4v) is 5.83. The van der Waals surface area contributed by atoms with Crippen LogP contribution in [0, 0.1) is 0 Å². The van der Waals surface area contributed by atoms with Gasteiger partial charge in [0.2, 0.25) is 0 Å². The van der Waals surface area contributed by atoms with Crippen LogP contribution >= 0.6 is 10.0 Å². The van der Waals surface area contributed by atoms with E-state index in [4.69, 9.17) is 5.11 Å². The second-order valence-electron chi connectivity index (χ2n) is 2.65. The molecule has 70 valence electrons. The van der Waals surface area contributed by atoms with Crippen LogP contribution in [0.25, 0.3) is 0 Å². The molecule has 0 saturated heterocycles. The van der Waals surface area contributed by atoms with Crippen molar-refractivity contribution in [2.24, 2.45) is 0 Å². The average Bonchev–Trinajstić information content (AvgIpc) is 1.83. The average molecular weight is 252 g/mol. The predicted octanol–water partition coefficient (Wildman–Crippen LogP) is 1.40. The van der Waals surface area contributed by atoms with Crippen molar-refractivity contribution in [1.29, 1.82) is 0 Å². The van der Waals surface area contributed by atoms with E-state index in [1.54, 1.807) is 0 Å². The summed E-state index contributed by atoms with van der Waals surface area (Å²) in [5.74, 6) is -0.913. The molecular formula is C7H13AsO3S. The number of rotatable bonds is 5. The molecule has 0 radical (unpaired) electrons. The molecule has 0 aliphatic rings. The van der Waals surface area contributed by atoms with Crippen molar-refractivity contribution in [3.8, 4) is 0 Å². The van der Waals surface area contributed by atoms with E-state index in [1.165, 1.54) is 16.9 Å². The van der Waals surface area contributed by atoms with Crippen LogP contribution in [0.15, 0.2) is 0 Å². The van der Waals surface area contributed by atoms with Gasteiger partial charge in [-0.15, -0.1) is 0 Å². The van der Waals surface area contributed by atoms with Gasteiger partial charge in [0, 0.05) is 0 Å². The third-order valence-electron chi connectivity index (χ3n) is 1.09. The Hall–Kier alpha value is 0.0484. The van der Waals surface area contributed by atoms with Gasteiger partial charge in [-0.3, -0.25) is 0 Å². The maximum absolute atomic E-state index is 10.7. The number of carboxylic acid groups (broad SMARTS) is 1. The number of carbonyl (C=O) groups is 2. The first kappa shape index (κ1) is 12.0. The molecule has 0 spiro atoms. The standard InChI is InChI=1S/C7H13AsO3S/c1-5(9)4-6(7(10)11)12-8(2)3/h6H,4H2,1-3H3,(H,10,11). The molecule has 0 fully saturated rings. The Morgan fingerprint density at radius 2 is 2.00 bits per heavy atom. The van der Waals surface area contributed by atoms with Crippen molar-refractivity contribution in [2.75, 3.05) is 0 Å². The molecular weight excluding hydrogens is 239 g/mol. The van der Waals surface area contributed by atoms with Crippen molar-refractivity contribution in [2.45, 2.75) is 30.0 Å². The fourth-order valence-electron chi connectivity index (χ4n) is 0.685. The van der Waals surface area contributed by atoms with Crippen LogP contribution in [0.4, 0.5) is 0 Å². The molecule has 0 rings (SSSR count). The Labute approximate surface area is 80.2 Å². The molecule has 0 saturated carbocycles. The Bertz CT molecular complexity index is 181. The summed E-state index contributed by atoms with van der Waals surface area (Å²) >= 11 is -1.02. The zero-order valence-electron chi connectivity index (χ0n) is 7.40. The third-order valence-corrected chi connectivity index (χ3v) is 6.39. The molecule has 0 heterocycles. The molecule has 5 heteroatoms. The van der Waals surface area contributed by atoms with Gasteiger partial charge < -0.3 is 0 Å². The first-order valence-electron chi connectivity index (χ1n) is 3.50. The number of hydrogen-bond donors (Lipinski definition) is 1. The van der Waals surface area contributed by atoms with Crippen LogP contribution in [0.1, 0.15) is 13.3 Å². The molecule has 0 aromatic rings. The number of ketones is 1. The van der Waals surface area contributed by atoms with Gasteiger partial charge in [0.15, 0.2) is 0 Å². The quantitative estimate of drug-likeness (QED) is 0.751. The Balaban J connectivity index is 4.04. The number of aliphatic carboxylic acids is 1. The zero-order chi connectivity index (χ0) is 9.72. The summed E-state index contributed by atoms with van der Waals surface area (Å²) in [6, 6.07) is 0. The van der Waals surface area contributed by atoms with E-state index in [-0.39, 0.29) is 12.2 Å². The molecule has 1 N–H and O–H groups in total. The predicted molar refractivity (Wildman–Crippen MR) is 51.8 cm³/mol. The Morgan fingerprint density at radius 1 is 1.50 bits per heavy atom. The van der Waals surface area contributed by atoms with E-state index in [1.807, 2.05) is 0 Å². The first-order chi connectivity index (χ1) is 5.43. The van der Waals surface area contributed by atoms with Crippen molar-refractivity contribution in [3.05, 3.63) is 0 Å². The van der Waals surface area contributed by atoms with Crippen molar-refractivity contribution < 1.29 is 14.7 Å².